The summed E-state index contributed by atoms with van der Waals surface area (Å²) in [5.41, 5.74) is 1.23. The highest BCUT2D eigenvalue weighted by Crippen LogP contribution is 2.45. The molecule has 1 heterocycles. The van der Waals surface area contributed by atoms with Crippen molar-refractivity contribution in [3.8, 4) is 0 Å². The zero-order valence-corrected chi connectivity index (χ0v) is 15.0. The van der Waals surface area contributed by atoms with Gasteiger partial charge in [-0.1, -0.05) is 40.5 Å². The number of ether oxygens (including phenoxy) is 1. The third-order valence-corrected chi connectivity index (χ3v) is 5.41. The van der Waals surface area contributed by atoms with E-state index in [-0.39, 0.29) is 11.0 Å². The maximum atomic E-state index is 6.19. The van der Waals surface area contributed by atoms with Gasteiger partial charge in [0.2, 0.25) is 0 Å². The third kappa shape index (κ3) is 3.66. The first kappa shape index (κ1) is 16.9. The average Bonchev–Trinajstić information content (AvgIpc) is 3.03. The van der Waals surface area contributed by atoms with Crippen LogP contribution < -0.4 is 5.32 Å². The van der Waals surface area contributed by atoms with Gasteiger partial charge in [-0.3, -0.25) is 0 Å². The van der Waals surface area contributed by atoms with Crippen LogP contribution in [0.25, 0.3) is 0 Å². The number of nitrogens with one attached hydrogen (secondary N) is 1. The van der Waals surface area contributed by atoms with Crippen LogP contribution in [0.15, 0.2) is 0 Å². The quantitative estimate of drug-likeness (QED) is 0.848. The Bertz CT molecular complexity index is 456. The normalized spacial score (nSPS) is 18.3. The van der Waals surface area contributed by atoms with Crippen LogP contribution in [0.3, 0.4) is 0 Å². The molecule has 21 heavy (non-hydrogen) atoms. The number of hydrogen-bond donors (Lipinski definition) is 1. The van der Waals surface area contributed by atoms with Gasteiger partial charge in [0.15, 0.2) is 0 Å². The van der Waals surface area contributed by atoms with Crippen LogP contribution >= 0.6 is 11.3 Å². The van der Waals surface area contributed by atoms with Crippen molar-refractivity contribution in [3.05, 3.63) is 15.6 Å². The van der Waals surface area contributed by atoms with Gasteiger partial charge >= 0.3 is 0 Å². The molecule has 1 fully saturated rings. The Labute approximate surface area is 133 Å². The Kier molecular flexibility index (Phi) is 5.44. The van der Waals surface area contributed by atoms with E-state index < -0.39 is 0 Å². The van der Waals surface area contributed by atoms with E-state index in [0.717, 1.165) is 32.5 Å². The van der Waals surface area contributed by atoms with Crippen LogP contribution in [0.4, 0.5) is 0 Å². The smallest absolute Gasteiger partial charge is 0.125 e. The summed E-state index contributed by atoms with van der Waals surface area (Å²) < 4.78 is 6.19. The van der Waals surface area contributed by atoms with Gasteiger partial charge in [-0.25, -0.2) is 4.98 Å². The molecule has 0 amide bonds. The molecule has 0 aromatic carbocycles. The predicted molar refractivity (Wildman–Crippen MR) is 90.0 cm³/mol. The van der Waals surface area contributed by atoms with Gasteiger partial charge in [-0.2, -0.15) is 0 Å². The molecule has 120 valence electrons. The Hall–Kier alpha value is -0.450. The van der Waals surface area contributed by atoms with E-state index >= 15 is 0 Å². The highest BCUT2D eigenvalue weighted by Gasteiger charge is 2.40. The summed E-state index contributed by atoms with van der Waals surface area (Å²) in [5, 5.41) is 4.66. The van der Waals surface area contributed by atoms with Gasteiger partial charge in [0, 0.05) is 23.4 Å². The van der Waals surface area contributed by atoms with E-state index in [1.165, 1.54) is 28.4 Å². The van der Waals surface area contributed by atoms with Gasteiger partial charge in [0.05, 0.1) is 5.69 Å². The van der Waals surface area contributed by atoms with Crippen molar-refractivity contribution < 1.29 is 4.74 Å². The number of nitrogens with zero attached hydrogens (tertiary/aromatic N) is 1. The molecule has 1 aromatic rings. The van der Waals surface area contributed by atoms with Gasteiger partial charge in [0.25, 0.3) is 0 Å². The molecular formula is C17H30N2OS. The molecule has 0 atom stereocenters. The summed E-state index contributed by atoms with van der Waals surface area (Å²) in [6, 6.07) is 0. The number of rotatable bonds is 6. The van der Waals surface area contributed by atoms with Crippen LogP contribution in [-0.4, -0.2) is 18.1 Å². The molecule has 4 heteroatoms. The van der Waals surface area contributed by atoms with Gasteiger partial charge < -0.3 is 10.1 Å². The van der Waals surface area contributed by atoms with Crippen molar-refractivity contribution in [2.24, 2.45) is 0 Å². The number of aromatic nitrogens is 1. The molecule has 0 aliphatic heterocycles. The van der Waals surface area contributed by atoms with Gasteiger partial charge in [-0.15, -0.1) is 11.3 Å². The zero-order valence-electron chi connectivity index (χ0n) is 14.2. The van der Waals surface area contributed by atoms with Gasteiger partial charge in [0.1, 0.15) is 10.6 Å². The molecule has 1 saturated carbocycles. The lowest BCUT2D eigenvalue weighted by Gasteiger charge is -2.26. The average molecular weight is 311 g/mol. The van der Waals surface area contributed by atoms with E-state index in [1.807, 2.05) is 11.3 Å². The lowest BCUT2D eigenvalue weighted by Crippen LogP contribution is -2.26. The van der Waals surface area contributed by atoms with Gasteiger partial charge in [-0.05, 0) is 26.3 Å². The SMILES string of the molecule is CCNCc1sc(C2(OCC)CCCC2)nc1C(C)(C)C. The Morgan fingerprint density at radius 3 is 2.43 bits per heavy atom. The van der Waals surface area contributed by atoms with E-state index in [4.69, 9.17) is 9.72 Å². The van der Waals surface area contributed by atoms with Crippen LogP contribution in [0, 0.1) is 0 Å². The van der Waals surface area contributed by atoms with Crippen molar-refractivity contribution in [1.82, 2.24) is 10.3 Å². The second-order valence-corrected chi connectivity index (χ2v) is 8.04. The lowest BCUT2D eigenvalue weighted by molar-refractivity contribution is -0.0392. The molecule has 0 bridgehead atoms. The Morgan fingerprint density at radius 2 is 1.90 bits per heavy atom. The standard InChI is InChI=1S/C17H30N2OS/c1-6-18-12-13-14(16(3,4)5)19-15(21-13)17(20-7-2)10-8-9-11-17/h18H,6-12H2,1-5H3. The molecule has 1 aliphatic rings. The summed E-state index contributed by atoms with van der Waals surface area (Å²) >= 11 is 1.86. The lowest BCUT2D eigenvalue weighted by atomic mass is 9.91. The molecule has 2 rings (SSSR count). The summed E-state index contributed by atoms with van der Waals surface area (Å²) in [4.78, 5) is 6.44. The molecule has 3 nitrogen and oxygen atoms in total. The minimum Gasteiger partial charge on any atom is -0.368 e. The zero-order chi connectivity index (χ0) is 15.5. The van der Waals surface area contributed by atoms with Crippen molar-refractivity contribution >= 4 is 11.3 Å². The molecule has 0 spiro atoms. The van der Waals surface area contributed by atoms with Crippen LogP contribution in [0.1, 0.15) is 75.9 Å². The fourth-order valence-corrected chi connectivity index (χ4v) is 4.58. The highest BCUT2D eigenvalue weighted by atomic mass is 32.1. The minimum absolute atomic E-state index is 0.0888. The molecular weight excluding hydrogens is 280 g/mol. The summed E-state index contributed by atoms with van der Waals surface area (Å²) in [6.45, 7) is 13.7. The van der Waals surface area contributed by atoms with Crippen molar-refractivity contribution in [3.63, 3.8) is 0 Å². The molecule has 0 saturated heterocycles. The monoisotopic (exact) mass is 310 g/mol. The van der Waals surface area contributed by atoms with Crippen molar-refractivity contribution in [2.45, 2.75) is 77.9 Å². The van der Waals surface area contributed by atoms with E-state index in [1.54, 1.807) is 0 Å². The fourth-order valence-electron chi connectivity index (χ4n) is 3.13. The summed E-state index contributed by atoms with van der Waals surface area (Å²) in [5.74, 6) is 0. The second kappa shape index (κ2) is 6.76. The topological polar surface area (TPSA) is 34.1 Å². The Morgan fingerprint density at radius 1 is 1.24 bits per heavy atom. The predicted octanol–water partition coefficient (Wildman–Crippen LogP) is 4.36. The molecule has 1 N–H and O–H groups in total. The fraction of sp³-hybridized carbons (Fsp3) is 0.824. The number of hydrogen-bond acceptors (Lipinski definition) is 4. The first-order valence-electron chi connectivity index (χ1n) is 8.28. The first-order valence-corrected chi connectivity index (χ1v) is 9.10. The molecule has 0 radical (unpaired) electrons. The van der Waals surface area contributed by atoms with E-state index in [2.05, 4.69) is 39.9 Å². The van der Waals surface area contributed by atoms with Crippen LogP contribution in [-0.2, 0) is 22.3 Å². The van der Waals surface area contributed by atoms with E-state index in [9.17, 15) is 0 Å². The van der Waals surface area contributed by atoms with E-state index in [0.29, 0.717) is 0 Å². The maximum Gasteiger partial charge on any atom is 0.125 e. The molecule has 1 aliphatic carbocycles. The Balaban J connectivity index is 2.37. The highest BCUT2D eigenvalue weighted by molar-refractivity contribution is 7.11. The minimum atomic E-state index is -0.107. The maximum absolute atomic E-state index is 6.19. The largest absolute Gasteiger partial charge is 0.368 e. The van der Waals surface area contributed by atoms with Crippen LogP contribution in [0.5, 0.6) is 0 Å². The molecule has 0 unspecified atom stereocenters. The van der Waals surface area contributed by atoms with Crippen molar-refractivity contribution in [1.29, 1.82) is 0 Å². The first-order chi connectivity index (χ1) is 9.93. The van der Waals surface area contributed by atoms with Crippen molar-refractivity contribution in [2.75, 3.05) is 13.2 Å². The summed E-state index contributed by atoms with van der Waals surface area (Å²) in [6.07, 6.45) is 4.76. The second-order valence-electron chi connectivity index (χ2n) is 6.96. The van der Waals surface area contributed by atoms with Crippen LogP contribution in [0.2, 0.25) is 0 Å². The summed E-state index contributed by atoms with van der Waals surface area (Å²) in [7, 11) is 0. The number of thiazole rings is 1. The molecule has 1 aromatic heterocycles. The third-order valence-electron chi connectivity index (χ3n) is 4.16.